The quantitative estimate of drug-likeness (QED) is 0.760. The predicted molar refractivity (Wildman–Crippen MR) is 57.5 cm³/mol. The molecule has 1 atom stereocenters. The minimum atomic E-state index is 0.312. The van der Waals surface area contributed by atoms with Gasteiger partial charge in [0.25, 0.3) is 0 Å². The molecule has 1 unspecified atom stereocenters. The van der Waals surface area contributed by atoms with Crippen molar-refractivity contribution in [2.45, 2.75) is 44.8 Å². The molecule has 82 valence electrons. The van der Waals surface area contributed by atoms with Crippen LogP contribution < -0.4 is 0 Å². The Balaban J connectivity index is 1.65. The van der Waals surface area contributed by atoms with Crippen LogP contribution in [0.2, 0.25) is 0 Å². The van der Waals surface area contributed by atoms with E-state index in [2.05, 4.69) is 16.0 Å². The Bertz CT molecular complexity index is 324. The molecule has 15 heavy (non-hydrogen) atoms. The summed E-state index contributed by atoms with van der Waals surface area (Å²) in [5, 5.41) is 4.41. The van der Waals surface area contributed by atoms with Gasteiger partial charge in [0.2, 0.25) is 0 Å². The molecule has 3 nitrogen and oxygen atoms in total. The summed E-state index contributed by atoms with van der Waals surface area (Å²) in [5.41, 5.74) is 1.27. The summed E-state index contributed by atoms with van der Waals surface area (Å²) in [5.74, 6) is 0.894. The lowest BCUT2D eigenvalue weighted by molar-refractivity contribution is 0.0149. The van der Waals surface area contributed by atoms with E-state index in [1.165, 1.54) is 31.2 Å². The van der Waals surface area contributed by atoms with Crippen molar-refractivity contribution in [3.05, 3.63) is 18.0 Å². The minimum absolute atomic E-state index is 0.312. The van der Waals surface area contributed by atoms with E-state index >= 15 is 0 Å². The largest absolute Gasteiger partial charge is 0.373 e. The van der Waals surface area contributed by atoms with E-state index < -0.39 is 0 Å². The first-order chi connectivity index (χ1) is 7.42. The van der Waals surface area contributed by atoms with Crippen molar-refractivity contribution < 1.29 is 4.74 Å². The van der Waals surface area contributed by atoms with Gasteiger partial charge in [0.05, 0.1) is 12.3 Å². The fourth-order valence-corrected chi connectivity index (χ4v) is 2.21. The number of hydrogen-bond acceptors (Lipinski definition) is 2. The maximum absolute atomic E-state index is 5.74. The molecule has 1 aliphatic heterocycles. The second kappa shape index (κ2) is 3.97. The van der Waals surface area contributed by atoms with Crippen molar-refractivity contribution in [3.8, 4) is 0 Å². The van der Waals surface area contributed by atoms with Gasteiger partial charge in [-0.05, 0) is 38.0 Å². The number of ether oxygens (including phenoxy) is 1. The first kappa shape index (κ1) is 9.40. The molecule has 2 heterocycles. The average Bonchev–Trinajstić information content (AvgIpc) is 2.96. The van der Waals surface area contributed by atoms with Crippen molar-refractivity contribution in [1.82, 2.24) is 9.78 Å². The van der Waals surface area contributed by atoms with Crippen molar-refractivity contribution in [2.24, 2.45) is 5.92 Å². The van der Waals surface area contributed by atoms with Crippen LogP contribution in [0.1, 0.15) is 43.8 Å². The van der Waals surface area contributed by atoms with Gasteiger partial charge in [-0.1, -0.05) is 0 Å². The summed E-state index contributed by atoms with van der Waals surface area (Å²) >= 11 is 0. The zero-order valence-electron chi connectivity index (χ0n) is 9.06. The van der Waals surface area contributed by atoms with Gasteiger partial charge in [-0.3, -0.25) is 4.68 Å². The molecule has 1 saturated heterocycles. The van der Waals surface area contributed by atoms with E-state index in [1.807, 2.05) is 6.20 Å². The molecule has 0 radical (unpaired) electrons. The summed E-state index contributed by atoms with van der Waals surface area (Å²) in [4.78, 5) is 0. The van der Waals surface area contributed by atoms with E-state index in [0.29, 0.717) is 6.10 Å². The van der Waals surface area contributed by atoms with Gasteiger partial charge in [0.1, 0.15) is 0 Å². The third kappa shape index (κ3) is 2.23. The Morgan fingerprint density at radius 2 is 2.27 bits per heavy atom. The third-order valence-corrected chi connectivity index (χ3v) is 3.35. The van der Waals surface area contributed by atoms with Crippen LogP contribution in [0, 0.1) is 5.92 Å². The fourth-order valence-electron chi connectivity index (χ4n) is 2.21. The zero-order chi connectivity index (χ0) is 10.1. The molecular weight excluding hydrogens is 188 g/mol. The van der Waals surface area contributed by atoms with Gasteiger partial charge >= 0.3 is 0 Å². The van der Waals surface area contributed by atoms with Gasteiger partial charge in [0, 0.05) is 24.9 Å². The van der Waals surface area contributed by atoms with Crippen LogP contribution in [0.25, 0.3) is 0 Å². The highest BCUT2D eigenvalue weighted by Gasteiger charge is 2.23. The first-order valence-electron chi connectivity index (χ1n) is 6.06. The van der Waals surface area contributed by atoms with Gasteiger partial charge in [0.15, 0.2) is 0 Å². The SMILES string of the molecule is c1nn(CC2CC2)cc1C1CCCCO1. The standard InChI is InChI=1S/C12H18N2O/c1-2-6-15-12(3-1)11-7-13-14(9-11)8-10-4-5-10/h7,9-10,12H,1-6,8H2. The van der Waals surface area contributed by atoms with Crippen LogP contribution in [-0.4, -0.2) is 16.4 Å². The second-order valence-corrected chi connectivity index (χ2v) is 4.79. The van der Waals surface area contributed by atoms with Gasteiger partial charge in [-0.25, -0.2) is 0 Å². The summed E-state index contributed by atoms with van der Waals surface area (Å²) in [6.45, 7) is 2.02. The average molecular weight is 206 g/mol. The fraction of sp³-hybridized carbons (Fsp3) is 0.750. The molecule has 3 heteroatoms. The number of hydrogen-bond donors (Lipinski definition) is 0. The summed E-state index contributed by atoms with van der Waals surface area (Å²) in [7, 11) is 0. The highest BCUT2D eigenvalue weighted by Crippen LogP contribution is 2.31. The molecule has 0 aromatic carbocycles. The smallest absolute Gasteiger partial charge is 0.0855 e. The van der Waals surface area contributed by atoms with Crippen LogP contribution in [0.3, 0.4) is 0 Å². The molecule has 1 aliphatic carbocycles. The minimum Gasteiger partial charge on any atom is -0.373 e. The summed E-state index contributed by atoms with van der Waals surface area (Å²) in [6.07, 6.45) is 10.9. The highest BCUT2D eigenvalue weighted by atomic mass is 16.5. The monoisotopic (exact) mass is 206 g/mol. The Labute approximate surface area is 90.4 Å². The lowest BCUT2D eigenvalue weighted by Crippen LogP contribution is -2.10. The van der Waals surface area contributed by atoms with Gasteiger partial charge < -0.3 is 4.74 Å². The maximum atomic E-state index is 5.74. The van der Waals surface area contributed by atoms with Crippen LogP contribution in [-0.2, 0) is 11.3 Å². The van der Waals surface area contributed by atoms with E-state index in [-0.39, 0.29) is 0 Å². The Kier molecular flexibility index (Phi) is 2.49. The molecule has 0 bridgehead atoms. The van der Waals surface area contributed by atoms with Gasteiger partial charge in [-0.15, -0.1) is 0 Å². The summed E-state index contributed by atoms with van der Waals surface area (Å²) < 4.78 is 7.83. The first-order valence-corrected chi connectivity index (χ1v) is 6.06. The second-order valence-electron chi connectivity index (χ2n) is 4.79. The maximum Gasteiger partial charge on any atom is 0.0855 e. The van der Waals surface area contributed by atoms with E-state index in [4.69, 9.17) is 4.74 Å². The van der Waals surface area contributed by atoms with Crippen molar-refractivity contribution in [2.75, 3.05) is 6.61 Å². The van der Waals surface area contributed by atoms with Gasteiger partial charge in [-0.2, -0.15) is 5.10 Å². The van der Waals surface area contributed by atoms with Crippen molar-refractivity contribution in [3.63, 3.8) is 0 Å². The highest BCUT2D eigenvalue weighted by molar-refractivity contribution is 5.09. The molecule has 1 aromatic heterocycles. The Morgan fingerprint density at radius 3 is 3.00 bits per heavy atom. The molecule has 2 aliphatic rings. The van der Waals surface area contributed by atoms with Crippen molar-refractivity contribution in [1.29, 1.82) is 0 Å². The van der Waals surface area contributed by atoms with Crippen LogP contribution in [0.4, 0.5) is 0 Å². The van der Waals surface area contributed by atoms with E-state index in [9.17, 15) is 0 Å². The lowest BCUT2D eigenvalue weighted by Gasteiger charge is -2.21. The third-order valence-electron chi connectivity index (χ3n) is 3.35. The number of aromatic nitrogens is 2. The molecule has 0 amide bonds. The summed E-state index contributed by atoms with van der Waals surface area (Å²) in [6, 6.07) is 0. The van der Waals surface area contributed by atoms with Crippen LogP contribution in [0.5, 0.6) is 0 Å². The van der Waals surface area contributed by atoms with Crippen molar-refractivity contribution >= 4 is 0 Å². The molecule has 1 saturated carbocycles. The zero-order valence-corrected chi connectivity index (χ0v) is 9.06. The molecule has 2 fully saturated rings. The number of rotatable bonds is 3. The molecule has 3 rings (SSSR count). The topological polar surface area (TPSA) is 27.1 Å². The Morgan fingerprint density at radius 1 is 1.33 bits per heavy atom. The molecular formula is C12H18N2O. The predicted octanol–water partition coefficient (Wildman–Crippen LogP) is 2.53. The normalized spacial score (nSPS) is 26.8. The Hall–Kier alpha value is -0.830. The molecule has 1 aromatic rings. The van der Waals surface area contributed by atoms with Crippen LogP contribution in [0.15, 0.2) is 12.4 Å². The van der Waals surface area contributed by atoms with E-state index in [1.54, 1.807) is 0 Å². The lowest BCUT2D eigenvalue weighted by atomic mass is 10.0. The van der Waals surface area contributed by atoms with E-state index in [0.717, 1.165) is 25.5 Å². The molecule has 0 spiro atoms. The van der Waals surface area contributed by atoms with Crippen LogP contribution >= 0.6 is 0 Å². The number of nitrogens with zero attached hydrogens (tertiary/aromatic N) is 2. The molecule has 0 N–H and O–H groups in total.